The van der Waals surface area contributed by atoms with E-state index in [0.29, 0.717) is 37.6 Å². The summed E-state index contributed by atoms with van der Waals surface area (Å²) < 4.78 is 30.5. The van der Waals surface area contributed by atoms with Gasteiger partial charge in [0.05, 0.1) is 24.4 Å². The molecule has 1 aromatic heterocycles. The summed E-state index contributed by atoms with van der Waals surface area (Å²) in [5.74, 6) is 0.300. The molecule has 2 aliphatic heterocycles. The Hall–Kier alpha value is -2.41. The number of aromatic nitrogens is 1. The molecule has 3 heterocycles. The first-order valence-electron chi connectivity index (χ1n) is 8.80. The van der Waals surface area contributed by atoms with Crippen LogP contribution in [-0.2, 0) is 4.74 Å². The molecule has 138 valence electrons. The maximum Gasteiger partial charge on any atom is 0.291 e. The van der Waals surface area contributed by atoms with Gasteiger partial charge in [-0.05, 0) is 31.9 Å². The van der Waals surface area contributed by atoms with E-state index in [9.17, 15) is 9.18 Å². The second kappa shape index (κ2) is 6.72. The van der Waals surface area contributed by atoms with E-state index in [1.807, 2.05) is 0 Å². The average Bonchev–Trinajstić information content (AvgIpc) is 3.21. The lowest BCUT2D eigenvalue weighted by Gasteiger charge is -2.39. The third-order valence-electron chi connectivity index (χ3n) is 5.04. The van der Waals surface area contributed by atoms with Crippen LogP contribution >= 0.6 is 0 Å². The van der Waals surface area contributed by atoms with Crippen molar-refractivity contribution in [3.8, 4) is 5.75 Å². The number of hydrogen-bond donors (Lipinski definition) is 0. The van der Waals surface area contributed by atoms with Crippen molar-refractivity contribution in [3.05, 3.63) is 47.9 Å². The third kappa shape index (κ3) is 3.31. The number of benzene rings is 1. The predicted molar refractivity (Wildman–Crippen MR) is 90.5 cm³/mol. The Kier molecular flexibility index (Phi) is 4.40. The second-order valence-electron chi connectivity index (χ2n) is 6.99. The SMILES string of the molecule is Cc1ncoc1C(=O)N1CCC[C@@]2(C[C@@H](Oc3cccc(F)c3)CO2)C1. The van der Waals surface area contributed by atoms with Crippen molar-refractivity contribution in [1.82, 2.24) is 9.88 Å². The fourth-order valence-electron chi connectivity index (χ4n) is 3.82. The second-order valence-corrected chi connectivity index (χ2v) is 6.99. The van der Waals surface area contributed by atoms with Crippen LogP contribution in [-0.4, -0.2) is 47.2 Å². The van der Waals surface area contributed by atoms with Crippen molar-refractivity contribution in [1.29, 1.82) is 0 Å². The van der Waals surface area contributed by atoms with E-state index in [0.717, 1.165) is 12.8 Å². The van der Waals surface area contributed by atoms with E-state index in [2.05, 4.69) is 4.98 Å². The Morgan fingerprint density at radius 2 is 2.35 bits per heavy atom. The van der Waals surface area contributed by atoms with Gasteiger partial charge in [0, 0.05) is 19.0 Å². The van der Waals surface area contributed by atoms with Gasteiger partial charge in [-0.3, -0.25) is 4.79 Å². The monoisotopic (exact) mass is 360 g/mol. The van der Waals surface area contributed by atoms with Crippen LogP contribution in [0.2, 0.25) is 0 Å². The van der Waals surface area contributed by atoms with Gasteiger partial charge in [0.1, 0.15) is 17.7 Å². The molecule has 26 heavy (non-hydrogen) atoms. The first-order valence-corrected chi connectivity index (χ1v) is 8.80. The summed E-state index contributed by atoms with van der Waals surface area (Å²) in [6.45, 7) is 3.35. The number of hydrogen-bond acceptors (Lipinski definition) is 5. The van der Waals surface area contributed by atoms with Gasteiger partial charge in [-0.1, -0.05) is 6.07 Å². The van der Waals surface area contributed by atoms with Crippen molar-refractivity contribution in [2.24, 2.45) is 0 Å². The molecular formula is C19H21FN2O4. The lowest BCUT2D eigenvalue weighted by atomic mass is 9.89. The molecule has 2 saturated heterocycles. The van der Waals surface area contributed by atoms with Crippen LogP contribution in [0.5, 0.6) is 5.75 Å². The number of rotatable bonds is 3. The molecule has 1 aromatic carbocycles. The molecule has 0 bridgehead atoms. The Morgan fingerprint density at radius 3 is 3.12 bits per heavy atom. The number of amides is 1. The quantitative estimate of drug-likeness (QED) is 0.842. The minimum Gasteiger partial charge on any atom is -0.488 e. The summed E-state index contributed by atoms with van der Waals surface area (Å²) >= 11 is 0. The highest BCUT2D eigenvalue weighted by atomic mass is 19.1. The highest BCUT2D eigenvalue weighted by Crippen LogP contribution is 2.36. The van der Waals surface area contributed by atoms with Gasteiger partial charge < -0.3 is 18.8 Å². The van der Waals surface area contributed by atoms with Crippen molar-refractivity contribution in [2.45, 2.75) is 37.9 Å². The van der Waals surface area contributed by atoms with Crippen molar-refractivity contribution >= 4 is 5.91 Å². The Bertz CT molecular complexity index is 808. The maximum atomic E-state index is 13.3. The zero-order chi connectivity index (χ0) is 18.1. The number of nitrogens with zero attached hydrogens (tertiary/aromatic N) is 2. The predicted octanol–water partition coefficient (Wildman–Crippen LogP) is 2.96. The molecule has 0 radical (unpaired) electrons. The number of carbonyl (C=O) groups excluding carboxylic acids is 1. The molecule has 0 unspecified atom stereocenters. The molecule has 0 saturated carbocycles. The molecule has 1 spiro atoms. The number of carbonyl (C=O) groups is 1. The van der Waals surface area contributed by atoms with Gasteiger partial charge >= 0.3 is 0 Å². The van der Waals surface area contributed by atoms with Crippen molar-refractivity contribution < 1.29 is 23.1 Å². The van der Waals surface area contributed by atoms with Crippen LogP contribution in [0.25, 0.3) is 0 Å². The largest absolute Gasteiger partial charge is 0.488 e. The van der Waals surface area contributed by atoms with E-state index in [-0.39, 0.29) is 23.6 Å². The lowest BCUT2D eigenvalue weighted by molar-refractivity contribution is -0.0459. The number of halogens is 1. The van der Waals surface area contributed by atoms with E-state index in [1.165, 1.54) is 18.5 Å². The number of piperidine rings is 1. The molecular weight excluding hydrogens is 339 g/mol. The summed E-state index contributed by atoms with van der Waals surface area (Å²) in [6.07, 6.45) is 3.53. The number of likely N-dealkylation sites (tertiary alicyclic amines) is 1. The first-order chi connectivity index (χ1) is 12.5. The minimum atomic E-state index is -0.417. The van der Waals surface area contributed by atoms with Crippen LogP contribution < -0.4 is 4.74 Å². The van der Waals surface area contributed by atoms with Gasteiger partial charge in [0.25, 0.3) is 5.91 Å². The molecule has 7 heteroatoms. The maximum absolute atomic E-state index is 13.3. The third-order valence-corrected chi connectivity index (χ3v) is 5.04. The van der Waals surface area contributed by atoms with Crippen LogP contribution in [0, 0.1) is 12.7 Å². The van der Waals surface area contributed by atoms with E-state index >= 15 is 0 Å². The van der Waals surface area contributed by atoms with Crippen LogP contribution in [0.1, 0.15) is 35.5 Å². The average molecular weight is 360 g/mol. The van der Waals surface area contributed by atoms with E-state index in [4.69, 9.17) is 13.9 Å². The topological polar surface area (TPSA) is 64.8 Å². The van der Waals surface area contributed by atoms with Crippen LogP contribution in [0.15, 0.2) is 35.1 Å². The summed E-state index contributed by atoms with van der Waals surface area (Å²) in [7, 11) is 0. The molecule has 2 aromatic rings. The van der Waals surface area contributed by atoms with Gasteiger partial charge in [-0.2, -0.15) is 0 Å². The Labute approximate surface area is 150 Å². The Balaban J connectivity index is 1.42. The zero-order valence-electron chi connectivity index (χ0n) is 14.6. The number of aryl methyl sites for hydroxylation is 1. The van der Waals surface area contributed by atoms with Crippen molar-refractivity contribution in [2.75, 3.05) is 19.7 Å². The summed E-state index contributed by atoms with van der Waals surface area (Å²) in [6, 6.07) is 6.11. The number of oxazole rings is 1. The fraction of sp³-hybridized carbons (Fsp3) is 0.474. The summed E-state index contributed by atoms with van der Waals surface area (Å²) in [5.41, 5.74) is 0.175. The standard InChI is InChI=1S/C19H21FN2O4/c1-13-17(24-12-21-13)18(23)22-7-3-6-19(11-22)9-16(10-25-19)26-15-5-2-4-14(20)8-15/h2,4-5,8,12,16H,3,6-7,9-11H2,1H3/t16-,19-/m1/s1. The zero-order valence-corrected chi connectivity index (χ0v) is 14.6. The molecule has 1 amide bonds. The smallest absolute Gasteiger partial charge is 0.291 e. The molecule has 2 fully saturated rings. The number of ether oxygens (including phenoxy) is 2. The van der Waals surface area contributed by atoms with Crippen molar-refractivity contribution in [3.63, 3.8) is 0 Å². The summed E-state index contributed by atoms with van der Waals surface area (Å²) in [4.78, 5) is 18.5. The highest BCUT2D eigenvalue weighted by Gasteiger charge is 2.46. The molecule has 2 atom stereocenters. The Morgan fingerprint density at radius 1 is 1.46 bits per heavy atom. The van der Waals surface area contributed by atoms with Gasteiger partial charge in [-0.25, -0.2) is 9.37 Å². The van der Waals surface area contributed by atoms with Gasteiger partial charge in [-0.15, -0.1) is 0 Å². The normalized spacial score (nSPS) is 25.6. The molecule has 0 N–H and O–H groups in total. The van der Waals surface area contributed by atoms with E-state index in [1.54, 1.807) is 24.0 Å². The lowest BCUT2D eigenvalue weighted by Crippen LogP contribution is -2.50. The molecule has 6 nitrogen and oxygen atoms in total. The van der Waals surface area contributed by atoms with Crippen LogP contribution in [0.4, 0.5) is 4.39 Å². The fourth-order valence-corrected chi connectivity index (χ4v) is 3.82. The summed E-state index contributed by atoms with van der Waals surface area (Å²) in [5, 5.41) is 0. The van der Waals surface area contributed by atoms with E-state index < -0.39 is 5.60 Å². The molecule has 4 rings (SSSR count). The van der Waals surface area contributed by atoms with Crippen LogP contribution in [0.3, 0.4) is 0 Å². The highest BCUT2D eigenvalue weighted by molar-refractivity contribution is 5.92. The molecule has 2 aliphatic rings. The molecule has 0 aliphatic carbocycles. The first kappa shape index (κ1) is 17.0. The minimum absolute atomic E-state index is 0.154. The van der Waals surface area contributed by atoms with Gasteiger partial charge in [0.15, 0.2) is 6.39 Å². The van der Waals surface area contributed by atoms with Gasteiger partial charge in [0.2, 0.25) is 5.76 Å².